The molecule has 128 valence electrons. The number of nitrogens with two attached hydrogens (primary N) is 1. The van der Waals surface area contributed by atoms with Crippen LogP contribution in [0.3, 0.4) is 0 Å². The number of amides is 1. The second-order valence-electron chi connectivity index (χ2n) is 5.89. The van der Waals surface area contributed by atoms with E-state index in [1.807, 2.05) is 0 Å². The molecule has 7 heteroatoms. The van der Waals surface area contributed by atoms with Gasteiger partial charge in [0.2, 0.25) is 0 Å². The van der Waals surface area contributed by atoms with Gasteiger partial charge in [-0.25, -0.2) is 13.5 Å². The zero-order valence-corrected chi connectivity index (χ0v) is 13.3. The minimum absolute atomic E-state index is 0.230. The summed E-state index contributed by atoms with van der Waals surface area (Å²) in [6, 6.07) is 3.64. The van der Waals surface area contributed by atoms with Gasteiger partial charge in [-0.1, -0.05) is 0 Å². The lowest BCUT2D eigenvalue weighted by Crippen LogP contribution is -2.26. The summed E-state index contributed by atoms with van der Waals surface area (Å²) in [4.78, 5) is 12.4. The highest BCUT2D eigenvalue weighted by atomic mass is 19.2. The van der Waals surface area contributed by atoms with Gasteiger partial charge in [-0.05, 0) is 50.8 Å². The molecule has 0 atom stereocenters. The Morgan fingerprint density at radius 1 is 1.25 bits per heavy atom. The van der Waals surface area contributed by atoms with E-state index in [2.05, 4.69) is 10.4 Å². The van der Waals surface area contributed by atoms with E-state index in [-0.39, 0.29) is 5.91 Å². The van der Waals surface area contributed by atoms with Crippen LogP contribution in [-0.2, 0) is 12.8 Å². The molecule has 3 rings (SSSR count). The summed E-state index contributed by atoms with van der Waals surface area (Å²) < 4.78 is 28.2. The van der Waals surface area contributed by atoms with E-state index in [0.717, 1.165) is 55.5 Å². The molecule has 0 fully saturated rings. The number of aromatic nitrogens is 2. The maximum Gasteiger partial charge on any atom is 0.272 e. The molecule has 5 nitrogen and oxygen atoms in total. The first-order chi connectivity index (χ1) is 11.6. The van der Waals surface area contributed by atoms with Crippen LogP contribution >= 0.6 is 0 Å². The van der Waals surface area contributed by atoms with Gasteiger partial charge in [-0.15, -0.1) is 0 Å². The number of rotatable bonds is 6. The Morgan fingerprint density at radius 2 is 2.08 bits per heavy atom. The number of carbonyl (C=O) groups is 1. The number of benzene rings is 1. The van der Waals surface area contributed by atoms with Crippen LogP contribution in [0.15, 0.2) is 18.2 Å². The highest BCUT2D eigenvalue weighted by molar-refractivity contribution is 5.94. The first-order valence-electron chi connectivity index (χ1n) is 8.16. The summed E-state index contributed by atoms with van der Waals surface area (Å²) >= 11 is 0. The number of carbonyl (C=O) groups excluding carboxylic acids is 1. The van der Waals surface area contributed by atoms with Crippen molar-refractivity contribution >= 4 is 5.91 Å². The van der Waals surface area contributed by atoms with E-state index in [1.165, 1.54) is 6.07 Å². The van der Waals surface area contributed by atoms with Crippen molar-refractivity contribution in [3.05, 3.63) is 46.8 Å². The van der Waals surface area contributed by atoms with Crippen LogP contribution in [0, 0.1) is 11.6 Å². The summed E-state index contributed by atoms with van der Waals surface area (Å²) in [5.41, 5.74) is 8.03. The van der Waals surface area contributed by atoms with Crippen molar-refractivity contribution in [1.82, 2.24) is 15.1 Å². The quantitative estimate of drug-likeness (QED) is 0.795. The topological polar surface area (TPSA) is 72.9 Å². The average molecular weight is 334 g/mol. The highest BCUT2D eigenvalue weighted by Gasteiger charge is 2.27. The second kappa shape index (κ2) is 7.09. The van der Waals surface area contributed by atoms with Crippen molar-refractivity contribution in [2.24, 2.45) is 5.73 Å². The van der Waals surface area contributed by atoms with Crippen molar-refractivity contribution in [2.45, 2.75) is 32.1 Å². The van der Waals surface area contributed by atoms with E-state index in [9.17, 15) is 13.6 Å². The molecule has 0 saturated carbocycles. The molecule has 0 saturated heterocycles. The van der Waals surface area contributed by atoms with Crippen molar-refractivity contribution in [2.75, 3.05) is 13.1 Å². The van der Waals surface area contributed by atoms with Gasteiger partial charge in [-0.3, -0.25) is 4.79 Å². The van der Waals surface area contributed by atoms with Gasteiger partial charge in [-0.2, -0.15) is 5.10 Å². The maximum absolute atomic E-state index is 13.5. The lowest BCUT2D eigenvalue weighted by atomic mass is 10.2. The first kappa shape index (κ1) is 16.6. The summed E-state index contributed by atoms with van der Waals surface area (Å²) in [5, 5.41) is 7.21. The number of halogens is 2. The molecule has 0 bridgehead atoms. The minimum atomic E-state index is -0.928. The Kier molecular flexibility index (Phi) is 4.89. The third kappa shape index (κ3) is 3.17. The van der Waals surface area contributed by atoms with Gasteiger partial charge in [0, 0.05) is 23.9 Å². The van der Waals surface area contributed by atoms with Crippen LogP contribution in [0.1, 0.15) is 41.0 Å². The smallest absolute Gasteiger partial charge is 0.272 e. The van der Waals surface area contributed by atoms with Crippen molar-refractivity contribution in [3.63, 3.8) is 0 Å². The normalized spacial score (nSPS) is 13.1. The molecule has 1 heterocycles. The van der Waals surface area contributed by atoms with Gasteiger partial charge < -0.3 is 11.1 Å². The fourth-order valence-corrected chi connectivity index (χ4v) is 3.01. The lowest BCUT2D eigenvalue weighted by Gasteiger charge is -2.06. The molecule has 0 aliphatic heterocycles. The van der Waals surface area contributed by atoms with E-state index < -0.39 is 11.6 Å². The molecule has 2 aromatic rings. The number of unbranched alkanes of at least 4 members (excludes halogenated alkanes) is 1. The zero-order chi connectivity index (χ0) is 17.1. The fraction of sp³-hybridized carbons (Fsp3) is 0.412. The van der Waals surface area contributed by atoms with E-state index in [0.29, 0.717) is 24.5 Å². The maximum atomic E-state index is 13.5. The summed E-state index contributed by atoms with van der Waals surface area (Å²) in [5.74, 6) is -2.06. The summed E-state index contributed by atoms with van der Waals surface area (Å²) in [6.07, 6.45) is 4.12. The number of nitrogens with one attached hydrogen (secondary N) is 1. The zero-order valence-electron chi connectivity index (χ0n) is 13.3. The Labute approximate surface area is 138 Å². The predicted octanol–water partition coefficient (Wildman–Crippen LogP) is 2.11. The number of fused-ring (bicyclic) bond motifs is 1. The van der Waals surface area contributed by atoms with Gasteiger partial charge in [0.05, 0.1) is 5.69 Å². The molecule has 0 unspecified atom stereocenters. The summed E-state index contributed by atoms with van der Waals surface area (Å²) in [7, 11) is 0. The second-order valence-corrected chi connectivity index (χ2v) is 5.89. The van der Waals surface area contributed by atoms with Crippen molar-refractivity contribution < 1.29 is 13.6 Å². The molecule has 24 heavy (non-hydrogen) atoms. The molecule has 1 aromatic carbocycles. The average Bonchev–Trinajstić information content (AvgIpc) is 3.16. The molecule has 1 aliphatic carbocycles. The Balaban J connectivity index is 1.87. The molecule has 1 aliphatic rings. The van der Waals surface area contributed by atoms with Crippen LogP contribution in [0.5, 0.6) is 0 Å². The van der Waals surface area contributed by atoms with Crippen LogP contribution in [0.4, 0.5) is 8.78 Å². The van der Waals surface area contributed by atoms with E-state index >= 15 is 0 Å². The molecule has 0 radical (unpaired) electrons. The SMILES string of the molecule is NCCCCNC(=O)c1nn(-c2ccc(F)c(F)c2)c2c1CCC2. The third-order valence-corrected chi connectivity index (χ3v) is 4.21. The largest absolute Gasteiger partial charge is 0.351 e. The Hall–Kier alpha value is -2.28. The van der Waals surface area contributed by atoms with Gasteiger partial charge in [0.15, 0.2) is 17.3 Å². The van der Waals surface area contributed by atoms with E-state index in [1.54, 1.807) is 4.68 Å². The molecular formula is C17H20F2N4O. The number of hydrogen-bond acceptors (Lipinski definition) is 3. The van der Waals surface area contributed by atoms with Crippen LogP contribution < -0.4 is 11.1 Å². The van der Waals surface area contributed by atoms with Crippen LogP contribution in [0.25, 0.3) is 5.69 Å². The Morgan fingerprint density at radius 3 is 2.83 bits per heavy atom. The summed E-state index contributed by atoms with van der Waals surface area (Å²) in [6.45, 7) is 1.14. The molecule has 1 amide bonds. The number of hydrogen-bond donors (Lipinski definition) is 2. The number of nitrogens with zero attached hydrogens (tertiary/aromatic N) is 2. The van der Waals surface area contributed by atoms with Crippen molar-refractivity contribution in [3.8, 4) is 5.69 Å². The third-order valence-electron chi connectivity index (χ3n) is 4.21. The standard InChI is InChI=1S/C17H20F2N4O/c18-13-7-6-11(10-14(13)19)23-15-5-3-4-12(15)16(22-23)17(24)21-9-2-1-8-20/h6-7,10H,1-5,8-9,20H2,(H,21,24). The van der Waals surface area contributed by atoms with E-state index in [4.69, 9.17) is 5.73 Å². The predicted molar refractivity (Wildman–Crippen MR) is 86.1 cm³/mol. The van der Waals surface area contributed by atoms with Gasteiger partial charge >= 0.3 is 0 Å². The lowest BCUT2D eigenvalue weighted by molar-refractivity contribution is 0.0946. The van der Waals surface area contributed by atoms with Crippen LogP contribution in [-0.4, -0.2) is 28.8 Å². The van der Waals surface area contributed by atoms with Gasteiger partial charge in [0.25, 0.3) is 5.91 Å². The molecular weight excluding hydrogens is 314 g/mol. The molecule has 1 aromatic heterocycles. The Bertz CT molecular complexity index is 757. The highest BCUT2D eigenvalue weighted by Crippen LogP contribution is 2.28. The molecule has 0 spiro atoms. The van der Waals surface area contributed by atoms with Crippen molar-refractivity contribution in [1.29, 1.82) is 0 Å². The first-order valence-corrected chi connectivity index (χ1v) is 8.16. The van der Waals surface area contributed by atoms with Crippen LogP contribution in [0.2, 0.25) is 0 Å². The monoisotopic (exact) mass is 334 g/mol. The molecule has 3 N–H and O–H groups in total. The fourth-order valence-electron chi connectivity index (χ4n) is 3.01. The van der Waals surface area contributed by atoms with Gasteiger partial charge in [0.1, 0.15) is 0 Å². The minimum Gasteiger partial charge on any atom is -0.351 e.